The van der Waals surface area contributed by atoms with Crippen molar-refractivity contribution >= 4 is 28.7 Å². The first-order chi connectivity index (χ1) is 15.0. The molecule has 0 radical (unpaired) electrons. The van der Waals surface area contributed by atoms with Gasteiger partial charge >= 0.3 is 5.97 Å². The predicted molar refractivity (Wildman–Crippen MR) is 122 cm³/mol. The number of benzene rings is 1. The second-order valence-electron chi connectivity index (χ2n) is 7.95. The molecule has 3 N–H and O–H groups in total. The summed E-state index contributed by atoms with van der Waals surface area (Å²) in [6.07, 6.45) is 7.47. The SMILES string of the molecule is CCCCCN(CCCCC)C(=O)[C@@H](CCC(=O)O)NC(=O)c1c[nH]c2ccccc12. The fraction of sp³-hybridized carbons (Fsp3) is 0.542. The number of aromatic nitrogens is 1. The normalized spacial score (nSPS) is 11.9. The van der Waals surface area contributed by atoms with Gasteiger partial charge in [-0.2, -0.15) is 0 Å². The van der Waals surface area contributed by atoms with E-state index in [-0.39, 0.29) is 24.7 Å². The highest BCUT2D eigenvalue weighted by Gasteiger charge is 2.27. The molecule has 1 aromatic heterocycles. The smallest absolute Gasteiger partial charge is 0.303 e. The number of carboxylic acid groups (broad SMARTS) is 1. The van der Waals surface area contributed by atoms with Crippen LogP contribution in [0.5, 0.6) is 0 Å². The van der Waals surface area contributed by atoms with Crippen LogP contribution in [0, 0.1) is 0 Å². The molecule has 0 bridgehead atoms. The van der Waals surface area contributed by atoms with Crippen molar-refractivity contribution in [3.63, 3.8) is 0 Å². The van der Waals surface area contributed by atoms with E-state index in [1.165, 1.54) is 0 Å². The Balaban J connectivity index is 2.17. The van der Waals surface area contributed by atoms with Gasteiger partial charge in [0, 0.05) is 36.6 Å². The molecule has 0 saturated carbocycles. The molecule has 7 heteroatoms. The largest absolute Gasteiger partial charge is 0.481 e. The summed E-state index contributed by atoms with van der Waals surface area (Å²) < 4.78 is 0. The highest BCUT2D eigenvalue weighted by molar-refractivity contribution is 6.07. The van der Waals surface area contributed by atoms with Crippen molar-refractivity contribution in [2.24, 2.45) is 0 Å². The van der Waals surface area contributed by atoms with E-state index < -0.39 is 12.0 Å². The highest BCUT2D eigenvalue weighted by atomic mass is 16.4. The van der Waals surface area contributed by atoms with Crippen LogP contribution in [-0.4, -0.2) is 51.9 Å². The molecule has 1 aromatic carbocycles. The zero-order valence-electron chi connectivity index (χ0n) is 18.7. The third-order valence-corrected chi connectivity index (χ3v) is 5.46. The van der Waals surface area contributed by atoms with E-state index in [1.807, 2.05) is 24.3 Å². The van der Waals surface area contributed by atoms with E-state index in [0.29, 0.717) is 18.7 Å². The minimum Gasteiger partial charge on any atom is -0.481 e. The first-order valence-electron chi connectivity index (χ1n) is 11.4. The molecule has 0 aliphatic rings. The molecule has 0 aliphatic carbocycles. The number of fused-ring (bicyclic) bond motifs is 1. The van der Waals surface area contributed by atoms with Crippen LogP contribution in [0.15, 0.2) is 30.5 Å². The molecule has 31 heavy (non-hydrogen) atoms. The van der Waals surface area contributed by atoms with Gasteiger partial charge in [0.25, 0.3) is 5.91 Å². The van der Waals surface area contributed by atoms with Gasteiger partial charge < -0.3 is 20.3 Å². The Morgan fingerprint density at radius 3 is 2.29 bits per heavy atom. The molecule has 0 fully saturated rings. The lowest BCUT2D eigenvalue weighted by Gasteiger charge is -2.28. The summed E-state index contributed by atoms with van der Waals surface area (Å²) >= 11 is 0. The molecule has 1 atom stereocenters. The van der Waals surface area contributed by atoms with Gasteiger partial charge in [0.2, 0.25) is 5.91 Å². The lowest BCUT2D eigenvalue weighted by atomic mass is 10.1. The fourth-order valence-electron chi connectivity index (χ4n) is 3.68. The van der Waals surface area contributed by atoms with Gasteiger partial charge in [0.1, 0.15) is 6.04 Å². The molecule has 0 saturated heterocycles. The molecule has 7 nitrogen and oxygen atoms in total. The second kappa shape index (κ2) is 12.8. The number of aromatic amines is 1. The van der Waals surface area contributed by atoms with Gasteiger partial charge in [-0.15, -0.1) is 0 Å². The van der Waals surface area contributed by atoms with E-state index in [1.54, 1.807) is 11.1 Å². The number of carbonyl (C=O) groups is 3. The van der Waals surface area contributed by atoms with Crippen molar-refractivity contribution in [2.75, 3.05) is 13.1 Å². The topological polar surface area (TPSA) is 102 Å². The van der Waals surface area contributed by atoms with Crippen molar-refractivity contribution < 1.29 is 19.5 Å². The van der Waals surface area contributed by atoms with Crippen LogP contribution in [0.4, 0.5) is 0 Å². The number of H-pyrrole nitrogens is 1. The first-order valence-corrected chi connectivity index (χ1v) is 11.4. The number of amides is 2. The minimum atomic E-state index is -0.984. The number of para-hydroxylation sites is 1. The molecule has 0 unspecified atom stereocenters. The van der Waals surface area contributed by atoms with Gasteiger partial charge in [-0.1, -0.05) is 57.7 Å². The predicted octanol–water partition coefficient (Wildman–Crippen LogP) is 4.34. The van der Waals surface area contributed by atoms with Crippen LogP contribution in [0.25, 0.3) is 10.9 Å². The maximum Gasteiger partial charge on any atom is 0.303 e. The number of hydrogen-bond donors (Lipinski definition) is 3. The monoisotopic (exact) mass is 429 g/mol. The maximum atomic E-state index is 13.3. The molecular weight excluding hydrogens is 394 g/mol. The molecule has 170 valence electrons. The third-order valence-electron chi connectivity index (χ3n) is 5.46. The van der Waals surface area contributed by atoms with Gasteiger partial charge in [-0.05, 0) is 25.3 Å². The van der Waals surface area contributed by atoms with Crippen molar-refractivity contribution in [1.29, 1.82) is 0 Å². The average Bonchev–Trinajstić information content (AvgIpc) is 3.19. The van der Waals surface area contributed by atoms with Crippen molar-refractivity contribution in [1.82, 2.24) is 15.2 Å². The Morgan fingerprint density at radius 2 is 1.68 bits per heavy atom. The Labute approximate surface area is 184 Å². The number of aliphatic carboxylic acids is 1. The van der Waals surface area contributed by atoms with Gasteiger partial charge in [-0.25, -0.2) is 0 Å². The minimum absolute atomic E-state index is 0.0698. The number of nitrogens with one attached hydrogen (secondary N) is 2. The number of carbonyl (C=O) groups excluding carboxylic acids is 2. The fourth-order valence-corrected chi connectivity index (χ4v) is 3.68. The van der Waals surface area contributed by atoms with Crippen LogP contribution < -0.4 is 5.32 Å². The number of rotatable bonds is 14. The van der Waals surface area contributed by atoms with E-state index >= 15 is 0 Å². The summed E-state index contributed by atoms with van der Waals surface area (Å²) in [4.78, 5) is 42.3. The molecular formula is C24H35N3O4. The zero-order valence-corrected chi connectivity index (χ0v) is 18.7. The van der Waals surface area contributed by atoms with Crippen molar-refractivity contribution in [2.45, 2.75) is 71.3 Å². The Morgan fingerprint density at radius 1 is 1.03 bits per heavy atom. The molecule has 1 heterocycles. The van der Waals surface area contributed by atoms with Crippen LogP contribution in [0.1, 0.15) is 75.6 Å². The Kier molecular flexibility index (Phi) is 10.1. The van der Waals surface area contributed by atoms with Crippen LogP contribution in [0.2, 0.25) is 0 Å². The standard InChI is InChI=1S/C24H35N3O4/c1-3-5-9-15-27(16-10-6-4-2)24(31)21(13-14-22(28)29)26-23(30)19-17-25-20-12-8-7-11-18(19)20/h7-8,11-12,17,21,25H,3-6,9-10,13-16H2,1-2H3,(H,26,30)(H,28,29)/t21-/m1/s1. The van der Waals surface area contributed by atoms with Crippen LogP contribution in [-0.2, 0) is 9.59 Å². The van der Waals surface area contributed by atoms with E-state index in [0.717, 1.165) is 49.4 Å². The summed E-state index contributed by atoms with van der Waals surface area (Å²) in [6, 6.07) is 6.59. The van der Waals surface area contributed by atoms with Crippen molar-refractivity contribution in [3.05, 3.63) is 36.0 Å². The Hall–Kier alpha value is -2.83. The summed E-state index contributed by atoms with van der Waals surface area (Å²) in [5, 5.41) is 12.7. The van der Waals surface area contributed by atoms with Crippen LogP contribution >= 0.6 is 0 Å². The summed E-state index contributed by atoms with van der Waals surface area (Å²) in [5.74, 6) is -1.55. The molecule has 2 rings (SSSR count). The van der Waals surface area contributed by atoms with E-state index in [4.69, 9.17) is 5.11 Å². The summed E-state index contributed by atoms with van der Waals surface area (Å²) in [7, 11) is 0. The van der Waals surface area contributed by atoms with Gasteiger partial charge in [0.05, 0.1) is 5.56 Å². The number of nitrogens with zero attached hydrogens (tertiary/aromatic N) is 1. The van der Waals surface area contributed by atoms with Crippen molar-refractivity contribution in [3.8, 4) is 0 Å². The highest BCUT2D eigenvalue weighted by Crippen LogP contribution is 2.18. The molecule has 0 aliphatic heterocycles. The van der Waals surface area contributed by atoms with E-state index in [2.05, 4.69) is 24.1 Å². The number of unbranched alkanes of at least 4 members (excludes halogenated alkanes) is 4. The summed E-state index contributed by atoms with van der Waals surface area (Å²) in [6.45, 7) is 5.48. The lowest BCUT2D eigenvalue weighted by molar-refractivity contribution is -0.138. The molecule has 0 spiro atoms. The first kappa shape index (κ1) is 24.4. The number of carboxylic acids is 1. The lowest BCUT2D eigenvalue weighted by Crippen LogP contribution is -2.49. The van der Waals surface area contributed by atoms with Crippen LogP contribution in [0.3, 0.4) is 0 Å². The quantitative estimate of drug-likeness (QED) is 0.389. The third kappa shape index (κ3) is 7.42. The van der Waals surface area contributed by atoms with Gasteiger partial charge in [0.15, 0.2) is 0 Å². The van der Waals surface area contributed by atoms with Gasteiger partial charge in [-0.3, -0.25) is 14.4 Å². The molecule has 2 aromatic rings. The maximum absolute atomic E-state index is 13.3. The number of hydrogen-bond acceptors (Lipinski definition) is 3. The zero-order chi connectivity index (χ0) is 22.6. The molecule has 2 amide bonds. The Bertz CT molecular complexity index is 851. The van der Waals surface area contributed by atoms with E-state index in [9.17, 15) is 14.4 Å². The summed E-state index contributed by atoms with van der Waals surface area (Å²) in [5.41, 5.74) is 1.29. The average molecular weight is 430 g/mol. The second-order valence-corrected chi connectivity index (χ2v) is 7.95.